The number of nitrogens with zero attached hydrogens (tertiary/aromatic N) is 4. The third-order valence-corrected chi connectivity index (χ3v) is 7.34. The highest BCUT2D eigenvalue weighted by Gasteiger charge is 2.51. The summed E-state index contributed by atoms with van der Waals surface area (Å²) in [5.41, 5.74) is 1.42. The van der Waals surface area contributed by atoms with Crippen molar-refractivity contribution in [3.8, 4) is 6.07 Å². The summed E-state index contributed by atoms with van der Waals surface area (Å²) in [4.78, 5) is 31.7. The molecule has 3 heterocycles. The molecule has 1 aromatic carbocycles. The normalized spacial score (nSPS) is 27.9. The summed E-state index contributed by atoms with van der Waals surface area (Å²) in [5.74, 6) is -0.178. The van der Waals surface area contributed by atoms with Crippen LogP contribution in [0.25, 0.3) is 0 Å². The van der Waals surface area contributed by atoms with Crippen molar-refractivity contribution in [2.24, 2.45) is 5.92 Å². The van der Waals surface area contributed by atoms with Crippen molar-refractivity contribution >= 4 is 28.8 Å². The number of fused-ring (bicyclic) bond motifs is 2. The Balaban J connectivity index is 1.37. The Morgan fingerprint density at radius 3 is 2.69 bits per heavy atom. The molecule has 0 aliphatic carbocycles. The standard InChI is InChI=1S/C22H29N5O4S/c1-14(21(28)26-9-3-4-18(26)11-23)12-25-13-19-10-20(25)22(29)27(19)15(2)16-5-7-17(8-6-16)24-32(30)31/h5-8,14-15,18-20,24H,3-4,9-10,12-13H2,1-2H3,(H,30,31)/p-1/t14-,15+,18-,19-,20-/m0/s1. The second-order valence-electron chi connectivity index (χ2n) is 8.96. The van der Waals surface area contributed by atoms with Crippen LogP contribution in [-0.2, 0) is 20.9 Å². The van der Waals surface area contributed by atoms with Crippen molar-refractivity contribution in [3.63, 3.8) is 0 Å². The van der Waals surface area contributed by atoms with Crippen molar-refractivity contribution in [1.29, 1.82) is 5.26 Å². The van der Waals surface area contributed by atoms with Crippen LogP contribution in [0.4, 0.5) is 5.69 Å². The lowest BCUT2D eigenvalue weighted by molar-refractivity contribution is -0.142. The monoisotopic (exact) mass is 458 g/mol. The molecule has 9 nitrogen and oxygen atoms in total. The summed E-state index contributed by atoms with van der Waals surface area (Å²) in [7, 11) is 0. The van der Waals surface area contributed by atoms with Crippen LogP contribution < -0.4 is 4.72 Å². The molecule has 172 valence electrons. The van der Waals surface area contributed by atoms with Gasteiger partial charge in [0.05, 0.1) is 18.2 Å². The summed E-state index contributed by atoms with van der Waals surface area (Å²) >= 11 is -2.37. The second kappa shape index (κ2) is 9.17. The third-order valence-electron chi connectivity index (χ3n) is 6.94. The molecule has 1 unspecified atom stereocenters. The Morgan fingerprint density at radius 2 is 2.06 bits per heavy atom. The Kier molecular flexibility index (Phi) is 6.51. The predicted octanol–water partition coefficient (Wildman–Crippen LogP) is 1.39. The van der Waals surface area contributed by atoms with Gasteiger partial charge in [-0.3, -0.25) is 18.7 Å². The molecule has 0 spiro atoms. The average Bonchev–Trinajstić information content (AvgIpc) is 3.47. The van der Waals surface area contributed by atoms with E-state index in [-0.39, 0.29) is 41.9 Å². The number of rotatable bonds is 7. The number of piperazine rings is 1. The van der Waals surface area contributed by atoms with E-state index < -0.39 is 11.3 Å². The molecule has 10 heteroatoms. The fraction of sp³-hybridized carbons (Fsp3) is 0.591. The Morgan fingerprint density at radius 1 is 1.34 bits per heavy atom. The highest BCUT2D eigenvalue weighted by molar-refractivity contribution is 7.80. The molecule has 0 saturated carbocycles. The number of hydrogen-bond acceptors (Lipinski definition) is 6. The zero-order chi connectivity index (χ0) is 23.0. The zero-order valence-corrected chi connectivity index (χ0v) is 19.1. The molecule has 0 radical (unpaired) electrons. The van der Waals surface area contributed by atoms with E-state index in [4.69, 9.17) is 0 Å². The number of anilines is 1. The molecule has 6 atom stereocenters. The third kappa shape index (κ3) is 4.25. The minimum Gasteiger partial charge on any atom is -0.755 e. The summed E-state index contributed by atoms with van der Waals surface area (Å²) in [5, 5.41) is 9.27. The number of hydrogen-bond donors (Lipinski definition) is 1. The van der Waals surface area contributed by atoms with Crippen molar-refractivity contribution in [2.45, 2.75) is 57.3 Å². The molecule has 3 fully saturated rings. The maximum atomic E-state index is 13.2. The van der Waals surface area contributed by atoms with E-state index in [9.17, 15) is 23.6 Å². The van der Waals surface area contributed by atoms with E-state index in [2.05, 4.69) is 15.7 Å². The van der Waals surface area contributed by atoms with Crippen LogP contribution >= 0.6 is 0 Å². The molecule has 1 N–H and O–H groups in total. The summed E-state index contributed by atoms with van der Waals surface area (Å²) in [6.07, 6.45) is 2.35. The summed E-state index contributed by atoms with van der Waals surface area (Å²) in [6, 6.07) is 8.69. The van der Waals surface area contributed by atoms with Gasteiger partial charge in [-0.2, -0.15) is 5.26 Å². The van der Waals surface area contributed by atoms with E-state index in [1.165, 1.54) is 0 Å². The molecule has 3 aliphatic rings. The molecule has 2 bridgehead atoms. The van der Waals surface area contributed by atoms with Gasteiger partial charge in [-0.05, 0) is 43.9 Å². The largest absolute Gasteiger partial charge is 0.755 e. The molecule has 0 aromatic heterocycles. The van der Waals surface area contributed by atoms with Crippen LogP contribution in [0.3, 0.4) is 0 Å². The summed E-state index contributed by atoms with van der Waals surface area (Å²) < 4.78 is 23.9. The van der Waals surface area contributed by atoms with Gasteiger partial charge in [-0.15, -0.1) is 0 Å². The van der Waals surface area contributed by atoms with Gasteiger partial charge in [0.15, 0.2) is 0 Å². The molecule has 32 heavy (non-hydrogen) atoms. The zero-order valence-electron chi connectivity index (χ0n) is 18.3. The van der Waals surface area contributed by atoms with E-state index in [0.29, 0.717) is 18.8 Å². The van der Waals surface area contributed by atoms with E-state index >= 15 is 0 Å². The number of likely N-dealkylation sites (tertiary alicyclic amines) is 3. The van der Waals surface area contributed by atoms with Crippen LogP contribution in [0.1, 0.15) is 44.7 Å². The number of nitrogens with one attached hydrogen (secondary N) is 1. The van der Waals surface area contributed by atoms with Gasteiger partial charge in [-0.25, -0.2) is 0 Å². The molecular weight excluding hydrogens is 430 g/mol. The minimum absolute atomic E-state index is 0.00204. The summed E-state index contributed by atoms with van der Waals surface area (Å²) in [6.45, 7) is 5.76. The van der Waals surface area contributed by atoms with Gasteiger partial charge < -0.3 is 19.1 Å². The first-order valence-electron chi connectivity index (χ1n) is 11.0. The minimum atomic E-state index is -2.37. The number of carbonyl (C=O) groups is 2. The first kappa shape index (κ1) is 22.7. The number of benzene rings is 1. The maximum absolute atomic E-state index is 13.2. The lowest BCUT2D eigenvalue weighted by atomic mass is 10.0. The van der Waals surface area contributed by atoms with Gasteiger partial charge >= 0.3 is 0 Å². The highest BCUT2D eigenvalue weighted by Crippen LogP contribution is 2.38. The quantitative estimate of drug-likeness (QED) is 0.617. The molecule has 1 aromatic rings. The van der Waals surface area contributed by atoms with Crippen LogP contribution in [0, 0.1) is 17.2 Å². The lowest BCUT2D eigenvalue weighted by Crippen LogP contribution is -2.53. The van der Waals surface area contributed by atoms with Gasteiger partial charge in [0.2, 0.25) is 11.8 Å². The molecule has 3 saturated heterocycles. The fourth-order valence-electron chi connectivity index (χ4n) is 5.36. The smallest absolute Gasteiger partial charge is 0.240 e. The van der Waals surface area contributed by atoms with Crippen LogP contribution in [-0.4, -0.2) is 73.0 Å². The Bertz CT molecular complexity index is 949. The van der Waals surface area contributed by atoms with Gasteiger partial charge in [0.1, 0.15) is 6.04 Å². The average molecular weight is 459 g/mol. The van der Waals surface area contributed by atoms with Crippen LogP contribution in [0.2, 0.25) is 0 Å². The van der Waals surface area contributed by atoms with Gasteiger partial charge in [0, 0.05) is 48.5 Å². The highest BCUT2D eigenvalue weighted by atomic mass is 32.2. The topological polar surface area (TPSA) is 120 Å². The van der Waals surface area contributed by atoms with Crippen molar-refractivity contribution < 1.29 is 18.4 Å². The molecule has 3 aliphatic heterocycles. The van der Waals surface area contributed by atoms with E-state index in [1.807, 2.05) is 30.9 Å². The van der Waals surface area contributed by atoms with Crippen molar-refractivity contribution in [3.05, 3.63) is 29.8 Å². The number of amides is 2. The Labute approximate surface area is 190 Å². The van der Waals surface area contributed by atoms with Crippen molar-refractivity contribution in [2.75, 3.05) is 24.4 Å². The molecular formula is C22H28N5O4S-. The van der Waals surface area contributed by atoms with Gasteiger partial charge in [-0.1, -0.05) is 19.1 Å². The van der Waals surface area contributed by atoms with Gasteiger partial charge in [0.25, 0.3) is 0 Å². The molecule has 4 rings (SSSR count). The van der Waals surface area contributed by atoms with Crippen LogP contribution in [0.5, 0.6) is 0 Å². The Hall–Kier alpha value is -2.48. The first-order chi connectivity index (χ1) is 15.3. The number of carbonyl (C=O) groups excluding carboxylic acids is 2. The first-order valence-corrected chi connectivity index (χ1v) is 12.1. The SMILES string of the molecule is C[C@H](c1ccc(NS(=O)[O-])cc1)N1C(=O)[C@@H]2C[C@H]1CN2C[C@H](C)C(=O)N1CCC[C@H]1C#N. The van der Waals surface area contributed by atoms with E-state index in [1.54, 1.807) is 17.0 Å². The van der Waals surface area contributed by atoms with E-state index in [0.717, 1.165) is 31.4 Å². The number of nitriles is 1. The molecule has 2 amide bonds. The predicted molar refractivity (Wildman–Crippen MR) is 118 cm³/mol. The lowest BCUT2D eigenvalue weighted by Gasteiger charge is -2.38. The van der Waals surface area contributed by atoms with Crippen LogP contribution in [0.15, 0.2) is 24.3 Å². The second-order valence-corrected chi connectivity index (χ2v) is 9.63. The maximum Gasteiger partial charge on any atom is 0.240 e. The fourth-order valence-corrected chi connectivity index (χ4v) is 5.69. The van der Waals surface area contributed by atoms with Crippen molar-refractivity contribution in [1.82, 2.24) is 14.7 Å².